The van der Waals surface area contributed by atoms with E-state index in [0.29, 0.717) is 17.8 Å². The predicted molar refractivity (Wildman–Crippen MR) is 134 cm³/mol. The fourth-order valence-electron chi connectivity index (χ4n) is 10.6. The van der Waals surface area contributed by atoms with Crippen molar-refractivity contribution in [2.45, 2.75) is 130 Å². The minimum atomic E-state index is -0.801. The molecule has 3 saturated carbocycles. The second kappa shape index (κ2) is 7.32. The summed E-state index contributed by atoms with van der Waals surface area (Å²) in [6.45, 7) is 16.0. The molecule has 5 aliphatic carbocycles. The van der Waals surface area contributed by atoms with Gasteiger partial charge in [-0.3, -0.25) is 0 Å². The minimum absolute atomic E-state index is 0.00145. The summed E-state index contributed by atoms with van der Waals surface area (Å²) in [6.07, 6.45) is 10.8. The van der Waals surface area contributed by atoms with Gasteiger partial charge >= 0.3 is 0 Å². The summed E-state index contributed by atoms with van der Waals surface area (Å²) in [5, 5.41) is 32.8. The molecule has 3 heteroatoms. The van der Waals surface area contributed by atoms with Crippen molar-refractivity contribution in [1.82, 2.24) is 0 Å². The molecule has 0 heterocycles. The van der Waals surface area contributed by atoms with E-state index in [4.69, 9.17) is 0 Å². The highest BCUT2D eigenvalue weighted by Crippen LogP contribution is 2.73. The summed E-state index contributed by atoms with van der Waals surface area (Å²) in [5.74, 6) is 1.45. The summed E-state index contributed by atoms with van der Waals surface area (Å²) >= 11 is 0. The Kier molecular flexibility index (Phi) is 5.40. The van der Waals surface area contributed by atoms with Gasteiger partial charge in [0, 0.05) is 5.92 Å². The van der Waals surface area contributed by atoms with Crippen molar-refractivity contribution in [2.75, 3.05) is 0 Å². The Morgan fingerprint density at radius 3 is 2.12 bits per heavy atom. The molecule has 188 valence electrons. The molecule has 0 aromatic carbocycles. The third-order valence-corrected chi connectivity index (χ3v) is 12.9. The average Bonchev–Trinajstić information content (AvgIpc) is 3.22. The Morgan fingerprint density at radius 2 is 1.48 bits per heavy atom. The minimum Gasteiger partial charge on any atom is -0.393 e. The molecule has 0 aromatic rings. The van der Waals surface area contributed by atoms with Gasteiger partial charge in [-0.2, -0.15) is 0 Å². The molecule has 5 rings (SSSR count). The van der Waals surface area contributed by atoms with Crippen molar-refractivity contribution < 1.29 is 15.3 Å². The predicted octanol–water partition coefficient (Wildman–Crippen LogP) is 6.25. The molecule has 9 atom stereocenters. The smallest absolute Gasteiger partial charge is 0.0644 e. The van der Waals surface area contributed by atoms with Crippen molar-refractivity contribution in [3.05, 3.63) is 11.1 Å². The second-order valence-electron chi connectivity index (χ2n) is 14.7. The first kappa shape index (κ1) is 24.3. The normalized spacial score (nSPS) is 51.8. The van der Waals surface area contributed by atoms with Crippen molar-refractivity contribution in [1.29, 1.82) is 0 Å². The van der Waals surface area contributed by atoms with E-state index >= 15 is 0 Å². The zero-order valence-electron chi connectivity index (χ0n) is 22.4. The molecule has 0 unspecified atom stereocenters. The first-order valence-electron chi connectivity index (χ1n) is 14.0. The number of aliphatic hydroxyl groups is 3. The molecule has 0 aliphatic heterocycles. The summed E-state index contributed by atoms with van der Waals surface area (Å²) in [6, 6.07) is 0. The lowest BCUT2D eigenvalue weighted by molar-refractivity contribution is -0.0981. The molecular weight excluding hydrogens is 408 g/mol. The summed E-state index contributed by atoms with van der Waals surface area (Å²) < 4.78 is 0. The van der Waals surface area contributed by atoms with Gasteiger partial charge in [0.25, 0.3) is 0 Å². The number of aliphatic hydroxyl groups excluding tert-OH is 2. The lowest BCUT2D eigenvalue weighted by Crippen LogP contribution is -2.55. The standard InChI is InChI=1S/C30H50O3/c1-26(2)23-11-10-21-20(28(23,5)15-14-24(26)31)13-17-29(6)19(12-16-30(21,29)7)18-8-9-22(25(18)32)27(3,4)33/h18-19,22-25,31-33H,8-17H2,1-7H3/t18-,19-,22-,23+,24+,25-,28-,29+,30+/m0/s1. The van der Waals surface area contributed by atoms with Gasteiger partial charge in [0.15, 0.2) is 0 Å². The Balaban J connectivity index is 1.49. The lowest BCUT2D eigenvalue weighted by Gasteiger charge is -2.62. The van der Waals surface area contributed by atoms with Crippen LogP contribution >= 0.6 is 0 Å². The van der Waals surface area contributed by atoms with Gasteiger partial charge in [-0.05, 0) is 117 Å². The monoisotopic (exact) mass is 458 g/mol. The number of fused-ring (bicyclic) bond motifs is 4. The van der Waals surface area contributed by atoms with Crippen LogP contribution in [0, 0.1) is 45.3 Å². The molecule has 0 amide bonds. The molecule has 3 fully saturated rings. The van der Waals surface area contributed by atoms with E-state index in [9.17, 15) is 15.3 Å². The van der Waals surface area contributed by atoms with Crippen LogP contribution in [0.5, 0.6) is 0 Å². The number of rotatable bonds is 2. The summed E-state index contributed by atoms with van der Waals surface area (Å²) in [5.41, 5.74) is 3.43. The zero-order chi connectivity index (χ0) is 24.2. The van der Waals surface area contributed by atoms with Crippen LogP contribution in [0.15, 0.2) is 11.1 Å². The number of hydrogen-bond acceptors (Lipinski definition) is 3. The van der Waals surface area contributed by atoms with E-state index in [1.165, 1.54) is 38.5 Å². The second-order valence-corrected chi connectivity index (χ2v) is 14.7. The van der Waals surface area contributed by atoms with E-state index in [0.717, 1.165) is 25.7 Å². The first-order valence-corrected chi connectivity index (χ1v) is 14.0. The summed E-state index contributed by atoms with van der Waals surface area (Å²) in [7, 11) is 0. The summed E-state index contributed by atoms with van der Waals surface area (Å²) in [4.78, 5) is 0. The zero-order valence-corrected chi connectivity index (χ0v) is 22.4. The fraction of sp³-hybridized carbons (Fsp3) is 0.933. The quantitative estimate of drug-likeness (QED) is 0.428. The average molecular weight is 459 g/mol. The highest BCUT2D eigenvalue weighted by Gasteiger charge is 2.64. The lowest BCUT2D eigenvalue weighted by atomic mass is 9.43. The van der Waals surface area contributed by atoms with Gasteiger partial charge in [0.1, 0.15) is 0 Å². The van der Waals surface area contributed by atoms with Crippen LogP contribution in [0.4, 0.5) is 0 Å². The van der Waals surface area contributed by atoms with Gasteiger partial charge < -0.3 is 15.3 Å². The fourth-order valence-corrected chi connectivity index (χ4v) is 10.6. The Labute approximate surface area is 202 Å². The van der Waals surface area contributed by atoms with E-state index in [2.05, 4.69) is 34.6 Å². The Bertz CT molecular complexity index is 836. The molecule has 0 radical (unpaired) electrons. The van der Waals surface area contributed by atoms with Gasteiger partial charge in [-0.15, -0.1) is 0 Å². The van der Waals surface area contributed by atoms with Gasteiger partial charge in [-0.1, -0.05) is 45.8 Å². The maximum absolute atomic E-state index is 11.3. The maximum Gasteiger partial charge on any atom is 0.0644 e. The molecule has 0 bridgehead atoms. The topological polar surface area (TPSA) is 60.7 Å². The van der Waals surface area contributed by atoms with Gasteiger partial charge in [0.05, 0.1) is 17.8 Å². The molecule has 0 spiro atoms. The molecule has 0 aromatic heterocycles. The first-order chi connectivity index (χ1) is 15.2. The van der Waals surface area contributed by atoms with Crippen LogP contribution in [0.2, 0.25) is 0 Å². The molecule has 5 aliphatic rings. The number of hydrogen-bond donors (Lipinski definition) is 3. The van der Waals surface area contributed by atoms with Crippen LogP contribution < -0.4 is 0 Å². The van der Waals surface area contributed by atoms with E-state index < -0.39 is 5.60 Å². The molecule has 0 saturated heterocycles. The molecule has 3 nitrogen and oxygen atoms in total. The van der Waals surface area contributed by atoms with Crippen molar-refractivity contribution in [3.8, 4) is 0 Å². The SMILES string of the molecule is CC(C)(O)[C@H]1CC[C@@H]([C@@H]2CC[C@]3(C)C4=C(CC[C@]23C)[C@]2(C)CC[C@@H](O)C(C)(C)[C@H]2CC4)[C@@H]1O. The highest BCUT2D eigenvalue weighted by molar-refractivity contribution is 5.39. The number of allylic oxidation sites excluding steroid dienone is 2. The third kappa shape index (κ3) is 3.10. The van der Waals surface area contributed by atoms with Gasteiger partial charge in [0.2, 0.25) is 0 Å². The van der Waals surface area contributed by atoms with Crippen LogP contribution in [-0.4, -0.2) is 33.1 Å². The van der Waals surface area contributed by atoms with Crippen molar-refractivity contribution in [3.63, 3.8) is 0 Å². The van der Waals surface area contributed by atoms with Crippen LogP contribution in [0.1, 0.15) is 113 Å². The molecule has 3 N–H and O–H groups in total. The molecular formula is C30H50O3. The Hall–Kier alpha value is -0.380. The van der Waals surface area contributed by atoms with E-state index in [-0.39, 0.29) is 39.8 Å². The van der Waals surface area contributed by atoms with Crippen LogP contribution in [-0.2, 0) is 0 Å². The Morgan fingerprint density at radius 1 is 0.788 bits per heavy atom. The highest BCUT2D eigenvalue weighted by atomic mass is 16.3. The molecule has 33 heavy (non-hydrogen) atoms. The van der Waals surface area contributed by atoms with Crippen LogP contribution in [0.3, 0.4) is 0 Å². The third-order valence-electron chi connectivity index (χ3n) is 12.9. The maximum atomic E-state index is 11.3. The van der Waals surface area contributed by atoms with Crippen LogP contribution in [0.25, 0.3) is 0 Å². The van der Waals surface area contributed by atoms with Gasteiger partial charge in [-0.25, -0.2) is 0 Å². The van der Waals surface area contributed by atoms with E-state index in [1.54, 1.807) is 11.1 Å². The van der Waals surface area contributed by atoms with E-state index in [1.807, 2.05) is 13.8 Å². The van der Waals surface area contributed by atoms with Crippen molar-refractivity contribution >= 4 is 0 Å². The van der Waals surface area contributed by atoms with Crippen molar-refractivity contribution in [2.24, 2.45) is 45.3 Å². The largest absolute Gasteiger partial charge is 0.393 e.